The number of aromatic nitrogens is 1. The van der Waals surface area contributed by atoms with Gasteiger partial charge in [0.2, 0.25) is 0 Å². The summed E-state index contributed by atoms with van der Waals surface area (Å²) in [7, 11) is 1.81. The minimum Gasteiger partial charge on any atom is -0.361 e. The summed E-state index contributed by atoms with van der Waals surface area (Å²) in [5.74, 6) is 2.64. The van der Waals surface area contributed by atoms with Gasteiger partial charge in [-0.15, -0.1) is 24.0 Å². The molecular weight excluding hydrogens is 367 g/mol. The molecule has 1 aliphatic carbocycles. The van der Waals surface area contributed by atoms with Crippen LogP contribution in [0.1, 0.15) is 36.3 Å². The second-order valence-corrected chi connectivity index (χ2v) is 5.23. The summed E-state index contributed by atoms with van der Waals surface area (Å²) in [5, 5.41) is 10.7. The smallest absolute Gasteiger partial charge is 0.190 e. The molecule has 0 aliphatic heterocycles. The van der Waals surface area contributed by atoms with E-state index in [1.165, 1.54) is 24.8 Å². The Hall–Kier alpha value is -0.790. The maximum absolute atomic E-state index is 5.16. The molecule has 1 saturated carbocycles. The second-order valence-electron chi connectivity index (χ2n) is 5.23. The standard InChI is InChI=1S/C14H24N4O.HI/c1-10-13(11(2)19-18-10)7-8-16-14(15-3)17-9-12-5-4-6-12;/h12H,4-9H2,1-3H3,(H2,15,16,17);1H. The van der Waals surface area contributed by atoms with Crippen LogP contribution in [-0.2, 0) is 6.42 Å². The van der Waals surface area contributed by atoms with Gasteiger partial charge in [-0.1, -0.05) is 11.6 Å². The fraction of sp³-hybridized carbons (Fsp3) is 0.714. The number of guanidine groups is 1. The van der Waals surface area contributed by atoms with E-state index < -0.39 is 0 Å². The first-order valence-electron chi connectivity index (χ1n) is 7.07. The van der Waals surface area contributed by atoms with Gasteiger partial charge < -0.3 is 15.2 Å². The van der Waals surface area contributed by atoms with Gasteiger partial charge in [0, 0.05) is 25.7 Å². The van der Waals surface area contributed by atoms with E-state index in [9.17, 15) is 0 Å². The molecule has 20 heavy (non-hydrogen) atoms. The molecule has 0 aromatic carbocycles. The second kappa shape index (κ2) is 8.49. The number of rotatable bonds is 5. The molecule has 0 saturated heterocycles. The summed E-state index contributed by atoms with van der Waals surface area (Å²) in [6, 6.07) is 0. The number of halogens is 1. The Morgan fingerprint density at radius 3 is 2.60 bits per heavy atom. The van der Waals surface area contributed by atoms with Gasteiger partial charge in [-0.25, -0.2) is 0 Å². The number of nitrogens with zero attached hydrogens (tertiary/aromatic N) is 2. The Balaban J connectivity index is 0.00000200. The van der Waals surface area contributed by atoms with E-state index in [4.69, 9.17) is 4.52 Å². The number of hydrogen-bond acceptors (Lipinski definition) is 3. The summed E-state index contributed by atoms with van der Waals surface area (Å²) in [5.41, 5.74) is 2.18. The van der Waals surface area contributed by atoms with Crippen LogP contribution in [-0.4, -0.2) is 31.3 Å². The minimum absolute atomic E-state index is 0. The molecule has 0 spiro atoms. The molecule has 1 heterocycles. The van der Waals surface area contributed by atoms with Gasteiger partial charge in [0.1, 0.15) is 5.76 Å². The molecule has 114 valence electrons. The van der Waals surface area contributed by atoms with Crippen LogP contribution in [0.5, 0.6) is 0 Å². The van der Waals surface area contributed by atoms with Gasteiger partial charge >= 0.3 is 0 Å². The minimum atomic E-state index is 0. The lowest BCUT2D eigenvalue weighted by atomic mass is 9.85. The molecule has 0 unspecified atom stereocenters. The highest BCUT2D eigenvalue weighted by molar-refractivity contribution is 14.0. The molecule has 0 atom stereocenters. The monoisotopic (exact) mass is 392 g/mol. The predicted octanol–water partition coefficient (Wildman–Crippen LogP) is 2.42. The molecule has 2 rings (SSSR count). The summed E-state index contributed by atoms with van der Waals surface area (Å²) >= 11 is 0. The topological polar surface area (TPSA) is 62.5 Å². The fourth-order valence-electron chi connectivity index (χ4n) is 2.32. The normalized spacial score (nSPS) is 15.4. The van der Waals surface area contributed by atoms with Crippen molar-refractivity contribution < 1.29 is 4.52 Å². The predicted molar refractivity (Wildman–Crippen MR) is 91.8 cm³/mol. The molecule has 1 aromatic heterocycles. The Morgan fingerprint density at radius 1 is 1.35 bits per heavy atom. The molecule has 1 fully saturated rings. The molecule has 1 aliphatic rings. The summed E-state index contributed by atoms with van der Waals surface area (Å²) in [4.78, 5) is 4.24. The van der Waals surface area contributed by atoms with E-state index >= 15 is 0 Å². The Bertz CT molecular complexity index is 421. The van der Waals surface area contributed by atoms with Gasteiger partial charge in [-0.3, -0.25) is 4.99 Å². The quantitative estimate of drug-likeness (QED) is 0.459. The number of nitrogens with one attached hydrogen (secondary N) is 2. The Kier molecular flexibility index (Phi) is 7.32. The summed E-state index contributed by atoms with van der Waals surface area (Å²) in [6.07, 6.45) is 4.99. The van der Waals surface area contributed by atoms with E-state index in [0.29, 0.717) is 0 Å². The van der Waals surface area contributed by atoms with Crippen molar-refractivity contribution in [3.8, 4) is 0 Å². The van der Waals surface area contributed by atoms with Crippen molar-refractivity contribution in [1.82, 2.24) is 15.8 Å². The third-order valence-electron chi connectivity index (χ3n) is 3.86. The van der Waals surface area contributed by atoms with Crippen molar-refractivity contribution in [2.45, 2.75) is 39.5 Å². The van der Waals surface area contributed by atoms with Gasteiger partial charge in [0.25, 0.3) is 0 Å². The van der Waals surface area contributed by atoms with Crippen molar-refractivity contribution in [1.29, 1.82) is 0 Å². The first-order valence-corrected chi connectivity index (χ1v) is 7.07. The van der Waals surface area contributed by atoms with Crippen LogP contribution in [0, 0.1) is 19.8 Å². The highest BCUT2D eigenvalue weighted by Crippen LogP contribution is 2.24. The van der Waals surface area contributed by atoms with Crippen LogP contribution in [0.3, 0.4) is 0 Å². The average molecular weight is 392 g/mol. The van der Waals surface area contributed by atoms with Crippen LogP contribution >= 0.6 is 24.0 Å². The van der Waals surface area contributed by atoms with Gasteiger partial charge in [-0.2, -0.15) is 0 Å². The van der Waals surface area contributed by atoms with E-state index in [0.717, 1.165) is 42.8 Å². The highest BCUT2D eigenvalue weighted by Gasteiger charge is 2.17. The third-order valence-corrected chi connectivity index (χ3v) is 3.86. The fourth-order valence-corrected chi connectivity index (χ4v) is 2.32. The van der Waals surface area contributed by atoms with E-state index in [2.05, 4.69) is 20.8 Å². The third kappa shape index (κ3) is 4.64. The number of aryl methyl sites for hydroxylation is 2. The van der Waals surface area contributed by atoms with Crippen LogP contribution in [0.15, 0.2) is 9.52 Å². The Morgan fingerprint density at radius 2 is 2.10 bits per heavy atom. The molecule has 0 bridgehead atoms. The molecule has 5 nitrogen and oxygen atoms in total. The zero-order chi connectivity index (χ0) is 13.7. The first kappa shape index (κ1) is 17.3. The molecule has 0 amide bonds. The molecule has 2 N–H and O–H groups in total. The molecular formula is C14H25IN4O. The van der Waals surface area contributed by atoms with Gasteiger partial charge in [-0.05, 0) is 39.0 Å². The maximum Gasteiger partial charge on any atom is 0.190 e. The van der Waals surface area contributed by atoms with Crippen LogP contribution in [0.25, 0.3) is 0 Å². The molecule has 6 heteroatoms. The van der Waals surface area contributed by atoms with Crippen molar-refractivity contribution in [2.75, 3.05) is 20.1 Å². The van der Waals surface area contributed by atoms with Crippen molar-refractivity contribution in [2.24, 2.45) is 10.9 Å². The molecule has 0 radical (unpaired) electrons. The largest absolute Gasteiger partial charge is 0.361 e. The maximum atomic E-state index is 5.16. The lowest BCUT2D eigenvalue weighted by Crippen LogP contribution is -2.41. The van der Waals surface area contributed by atoms with Crippen molar-refractivity contribution in [3.05, 3.63) is 17.0 Å². The van der Waals surface area contributed by atoms with Gasteiger partial charge in [0.15, 0.2) is 5.96 Å². The van der Waals surface area contributed by atoms with Crippen molar-refractivity contribution >= 4 is 29.9 Å². The lowest BCUT2D eigenvalue weighted by molar-refractivity contribution is 0.314. The SMILES string of the molecule is CN=C(NCCc1c(C)noc1C)NCC1CCC1.I. The van der Waals surface area contributed by atoms with Crippen LogP contribution in [0.4, 0.5) is 0 Å². The molecule has 1 aromatic rings. The first-order chi connectivity index (χ1) is 9.20. The summed E-state index contributed by atoms with van der Waals surface area (Å²) in [6.45, 7) is 5.81. The van der Waals surface area contributed by atoms with Crippen molar-refractivity contribution in [3.63, 3.8) is 0 Å². The number of hydrogen-bond donors (Lipinski definition) is 2. The van der Waals surface area contributed by atoms with E-state index in [-0.39, 0.29) is 24.0 Å². The van der Waals surface area contributed by atoms with Crippen LogP contribution < -0.4 is 10.6 Å². The highest BCUT2D eigenvalue weighted by atomic mass is 127. The van der Waals surface area contributed by atoms with Gasteiger partial charge in [0.05, 0.1) is 5.69 Å². The van der Waals surface area contributed by atoms with Crippen LogP contribution in [0.2, 0.25) is 0 Å². The summed E-state index contributed by atoms with van der Waals surface area (Å²) < 4.78 is 5.16. The van der Waals surface area contributed by atoms with E-state index in [1.807, 2.05) is 20.9 Å². The average Bonchev–Trinajstić information content (AvgIpc) is 2.66. The lowest BCUT2D eigenvalue weighted by Gasteiger charge is -2.26. The zero-order valence-corrected chi connectivity index (χ0v) is 14.9. The number of aliphatic imine (C=N–C) groups is 1. The Labute approximate surface area is 138 Å². The van der Waals surface area contributed by atoms with E-state index in [1.54, 1.807) is 0 Å². The zero-order valence-electron chi connectivity index (χ0n) is 12.5.